The van der Waals surface area contributed by atoms with Crippen molar-refractivity contribution in [2.45, 2.75) is 58.7 Å². The molecular weight excluding hydrogens is 512 g/mol. The first-order valence-electron chi connectivity index (χ1n) is 12.7. The fourth-order valence-corrected chi connectivity index (χ4v) is 4.08. The van der Waals surface area contributed by atoms with Crippen molar-refractivity contribution in [3.63, 3.8) is 0 Å². The number of rotatable bonds is 13. The van der Waals surface area contributed by atoms with Crippen molar-refractivity contribution in [1.29, 1.82) is 0 Å². The zero-order chi connectivity index (χ0) is 29.3. The van der Waals surface area contributed by atoms with Crippen LogP contribution in [0.2, 0.25) is 0 Å². The zero-order valence-corrected chi connectivity index (χ0v) is 22.4. The number of carboxylic acids is 1. The zero-order valence-electron chi connectivity index (χ0n) is 22.4. The number of aliphatic hydroxyl groups is 1. The molecule has 9 nitrogen and oxygen atoms in total. The van der Waals surface area contributed by atoms with E-state index in [2.05, 4.69) is 10.6 Å². The second-order valence-corrected chi connectivity index (χ2v) is 9.52. The molecule has 3 atom stereocenters. The van der Waals surface area contributed by atoms with Gasteiger partial charge in [0.2, 0.25) is 5.91 Å². The molecule has 39 heavy (non-hydrogen) atoms. The SMILES string of the molecule is CCN(CC)C(=O)c1cccc(C(=O)N[C@@H](Cc2cc(F)cc(F)c2)[C@@H](O)CC(=O)N[C@H](C(=O)O)C(C)C)c1. The van der Waals surface area contributed by atoms with Crippen LogP contribution in [0.5, 0.6) is 0 Å². The van der Waals surface area contributed by atoms with Crippen molar-refractivity contribution in [1.82, 2.24) is 15.5 Å². The van der Waals surface area contributed by atoms with E-state index in [1.165, 1.54) is 18.2 Å². The van der Waals surface area contributed by atoms with E-state index in [4.69, 9.17) is 0 Å². The molecule has 0 aliphatic carbocycles. The number of aliphatic carboxylic acids is 1. The van der Waals surface area contributed by atoms with E-state index >= 15 is 0 Å². The quantitative estimate of drug-likeness (QED) is 0.305. The Morgan fingerprint density at radius 1 is 0.923 bits per heavy atom. The summed E-state index contributed by atoms with van der Waals surface area (Å²) in [6, 6.07) is 6.34. The van der Waals surface area contributed by atoms with Gasteiger partial charge in [0, 0.05) is 30.3 Å². The molecule has 0 unspecified atom stereocenters. The average molecular weight is 548 g/mol. The molecule has 0 aliphatic heterocycles. The van der Waals surface area contributed by atoms with Crippen LogP contribution in [0.4, 0.5) is 8.78 Å². The summed E-state index contributed by atoms with van der Waals surface area (Å²) in [5, 5.41) is 25.1. The second-order valence-electron chi connectivity index (χ2n) is 9.52. The molecule has 0 saturated carbocycles. The van der Waals surface area contributed by atoms with Crippen LogP contribution in [-0.4, -0.2) is 70.1 Å². The third kappa shape index (κ3) is 9.13. The number of hydrogen-bond acceptors (Lipinski definition) is 5. The van der Waals surface area contributed by atoms with Gasteiger partial charge < -0.3 is 25.7 Å². The molecule has 2 aromatic carbocycles. The number of hydrogen-bond donors (Lipinski definition) is 4. The molecule has 0 bridgehead atoms. The minimum atomic E-state index is -1.54. The molecule has 0 heterocycles. The van der Waals surface area contributed by atoms with Crippen molar-refractivity contribution in [3.05, 3.63) is 70.8 Å². The normalized spacial score (nSPS) is 13.3. The minimum absolute atomic E-state index is 0.103. The molecule has 0 aliphatic rings. The van der Waals surface area contributed by atoms with E-state index in [0.29, 0.717) is 19.2 Å². The molecule has 0 fully saturated rings. The highest BCUT2D eigenvalue weighted by atomic mass is 19.1. The number of benzene rings is 2. The Bertz CT molecular complexity index is 1170. The summed E-state index contributed by atoms with van der Waals surface area (Å²) in [5.41, 5.74) is 0.502. The molecule has 0 saturated heterocycles. The molecule has 212 valence electrons. The van der Waals surface area contributed by atoms with Crippen LogP contribution < -0.4 is 10.6 Å². The predicted molar refractivity (Wildman–Crippen MR) is 140 cm³/mol. The lowest BCUT2D eigenvalue weighted by Gasteiger charge is -2.25. The second kappa shape index (κ2) is 14.3. The summed E-state index contributed by atoms with van der Waals surface area (Å²) >= 11 is 0. The first kappa shape index (κ1) is 31.4. The van der Waals surface area contributed by atoms with E-state index < -0.39 is 59.9 Å². The summed E-state index contributed by atoms with van der Waals surface area (Å²) in [7, 11) is 0. The number of carbonyl (C=O) groups excluding carboxylic acids is 3. The van der Waals surface area contributed by atoms with Crippen LogP contribution in [0.15, 0.2) is 42.5 Å². The van der Waals surface area contributed by atoms with Gasteiger partial charge in [0.1, 0.15) is 17.7 Å². The first-order valence-corrected chi connectivity index (χ1v) is 12.7. The average Bonchev–Trinajstić information content (AvgIpc) is 2.86. The topological polar surface area (TPSA) is 136 Å². The van der Waals surface area contributed by atoms with E-state index in [1.54, 1.807) is 24.8 Å². The summed E-state index contributed by atoms with van der Waals surface area (Å²) < 4.78 is 27.6. The van der Waals surface area contributed by atoms with Gasteiger partial charge in [0.25, 0.3) is 11.8 Å². The summed E-state index contributed by atoms with van der Waals surface area (Å²) in [6.07, 6.45) is -2.36. The molecular formula is C28H35F2N3O6. The molecule has 0 aromatic heterocycles. The summed E-state index contributed by atoms with van der Waals surface area (Å²) in [6.45, 7) is 7.83. The molecule has 0 radical (unpaired) electrons. The molecule has 3 amide bonds. The molecule has 11 heteroatoms. The van der Waals surface area contributed by atoms with Gasteiger partial charge >= 0.3 is 5.97 Å². The highest BCUT2D eigenvalue weighted by Crippen LogP contribution is 2.15. The van der Waals surface area contributed by atoms with Crippen molar-refractivity contribution in [2.75, 3.05) is 13.1 Å². The van der Waals surface area contributed by atoms with Crippen molar-refractivity contribution < 1.29 is 38.2 Å². The Hall–Kier alpha value is -3.86. The van der Waals surface area contributed by atoms with E-state index in [-0.39, 0.29) is 29.0 Å². The van der Waals surface area contributed by atoms with Crippen LogP contribution in [0.25, 0.3) is 0 Å². The Morgan fingerprint density at radius 2 is 1.51 bits per heavy atom. The van der Waals surface area contributed by atoms with Gasteiger partial charge in [-0.25, -0.2) is 13.6 Å². The number of halogens is 2. The van der Waals surface area contributed by atoms with Gasteiger partial charge in [-0.3, -0.25) is 14.4 Å². The highest BCUT2D eigenvalue weighted by molar-refractivity contribution is 5.99. The number of carboxylic acid groups (broad SMARTS) is 1. The molecule has 4 N–H and O–H groups in total. The Balaban J connectivity index is 2.29. The summed E-state index contributed by atoms with van der Waals surface area (Å²) in [4.78, 5) is 51.4. The smallest absolute Gasteiger partial charge is 0.326 e. The van der Waals surface area contributed by atoms with E-state index in [0.717, 1.165) is 12.1 Å². The van der Waals surface area contributed by atoms with Crippen LogP contribution >= 0.6 is 0 Å². The van der Waals surface area contributed by atoms with Crippen LogP contribution in [0, 0.1) is 17.6 Å². The van der Waals surface area contributed by atoms with E-state index in [9.17, 15) is 38.2 Å². The van der Waals surface area contributed by atoms with Crippen molar-refractivity contribution >= 4 is 23.7 Å². The largest absolute Gasteiger partial charge is 0.480 e. The van der Waals surface area contributed by atoms with Crippen LogP contribution in [-0.2, 0) is 16.0 Å². The van der Waals surface area contributed by atoms with Gasteiger partial charge in [-0.1, -0.05) is 19.9 Å². The number of nitrogens with one attached hydrogen (secondary N) is 2. The minimum Gasteiger partial charge on any atom is -0.480 e. The summed E-state index contributed by atoms with van der Waals surface area (Å²) in [5.74, 6) is -5.11. The molecule has 2 rings (SSSR count). The lowest BCUT2D eigenvalue weighted by atomic mass is 9.97. The Morgan fingerprint density at radius 3 is 2.05 bits per heavy atom. The van der Waals surface area contributed by atoms with Gasteiger partial charge in [-0.2, -0.15) is 0 Å². The van der Waals surface area contributed by atoms with Gasteiger partial charge in [-0.05, 0) is 62.1 Å². The first-order chi connectivity index (χ1) is 18.4. The Labute approximate surface area is 226 Å². The fraction of sp³-hybridized carbons (Fsp3) is 0.429. The maximum absolute atomic E-state index is 13.8. The monoisotopic (exact) mass is 547 g/mol. The maximum atomic E-state index is 13.8. The molecule has 0 spiro atoms. The number of carbonyl (C=O) groups is 4. The van der Waals surface area contributed by atoms with Crippen LogP contribution in [0.1, 0.15) is 60.4 Å². The van der Waals surface area contributed by atoms with E-state index in [1.807, 2.05) is 13.8 Å². The third-order valence-corrected chi connectivity index (χ3v) is 6.23. The lowest BCUT2D eigenvalue weighted by molar-refractivity contribution is -0.143. The number of nitrogens with zero attached hydrogens (tertiary/aromatic N) is 1. The lowest BCUT2D eigenvalue weighted by Crippen LogP contribution is -2.49. The predicted octanol–water partition coefficient (Wildman–Crippen LogP) is 2.76. The fourth-order valence-electron chi connectivity index (χ4n) is 4.08. The van der Waals surface area contributed by atoms with Crippen molar-refractivity contribution in [2.24, 2.45) is 5.92 Å². The van der Waals surface area contributed by atoms with Gasteiger partial charge in [0.05, 0.1) is 18.6 Å². The number of amides is 3. The number of aliphatic hydroxyl groups excluding tert-OH is 1. The van der Waals surface area contributed by atoms with Gasteiger partial charge in [0.15, 0.2) is 0 Å². The van der Waals surface area contributed by atoms with Crippen molar-refractivity contribution in [3.8, 4) is 0 Å². The maximum Gasteiger partial charge on any atom is 0.326 e. The third-order valence-electron chi connectivity index (χ3n) is 6.23. The van der Waals surface area contributed by atoms with Gasteiger partial charge in [-0.15, -0.1) is 0 Å². The standard InChI is InChI=1S/C28H35F2N3O6/c1-5-33(6-2)27(37)19-9-7-8-18(13-19)26(36)31-22(12-17-10-20(29)14-21(30)11-17)23(34)15-24(35)32-25(16(3)4)28(38)39/h7-11,13-14,16,22-23,25,34H,5-6,12,15H2,1-4H3,(H,31,36)(H,32,35)(H,38,39)/t22-,23-,25-/m0/s1. The Kier molecular flexibility index (Phi) is 11.5. The van der Waals surface area contributed by atoms with Crippen LogP contribution in [0.3, 0.4) is 0 Å². The molecule has 2 aromatic rings. The highest BCUT2D eigenvalue weighted by Gasteiger charge is 2.29.